The van der Waals surface area contributed by atoms with Crippen molar-refractivity contribution >= 4 is 23.3 Å². The van der Waals surface area contributed by atoms with Gasteiger partial charge in [-0.3, -0.25) is 9.79 Å². The standard InChI is InChI=1S/C25H27F3N4O2/c1-17-8-5-6-11-21(17)22(29-3)31-12-14-32(15-13-31)23(33)20-10-7-9-19(16-20)18(2)30-24(34-4)25(26,27)28/h5-11,16H,2,12-15H2,1,3-4H3. The first-order valence-electron chi connectivity index (χ1n) is 10.7. The third-order valence-electron chi connectivity index (χ3n) is 5.58. The minimum Gasteiger partial charge on any atom is -0.478 e. The predicted molar refractivity (Wildman–Crippen MR) is 127 cm³/mol. The van der Waals surface area contributed by atoms with Crippen LogP contribution in [0.2, 0.25) is 0 Å². The molecule has 1 amide bonds. The number of hydrogen-bond donors (Lipinski definition) is 0. The number of amidine groups is 1. The predicted octanol–water partition coefficient (Wildman–Crippen LogP) is 4.41. The maximum absolute atomic E-state index is 13.1. The van der Waals surface area contributed by atoms with Crippen LogP contribution in [0, 0.1) is 6.92 Å². The highest BCUT2D eigenvalue weighted by Crippen LogP contribution is 2.23. The second-order valence-corrected chi connectivity index (χ2v) is 7.79. The molecule has 6 nitrogen and oxygen atoms in total. The molecule has 180 valence electrons. The Morgan fingerprint density at radius 3 is 2.21 bits per heavy atom. The van der Waals surface area contributed by atoms with Crippen LogP contribution in [0.1, 0.15) is 27.0 Å². The number of benzene rings is 2. The number of piperazine rings is 1. The van der Waals surface area contributed by atoms with Crippen molar-refractivity contribution in [1.82, 2.24) is 9.80 Å². The molecule has 0 N–H and O–H groups in total. The zero-order valence-corrected chi connectivity index (χ0v) is 19.4. The van der Waals surface area contributed by atoms with Gasteiger partial charge in [0.1, 0.15) is 5.84 Å². The number of nitrogens with zero attached hydrogens (tertiary/aromatic N) is 4. The van der Waals surface area contributed by atoms with Crippen molar-refractivity contribution in [1.29, 1.82) is 0 Å². The molecule has 1 fully saturated rings. The van der Waals surface area contributed by atoms with E-state index < -0.39 is 12.1 Å². The quantitative estimate of drug-likeness (QED) is 0.489. The molecule has 1 aliphatic heterocycles. The first-order valence-corrected chi connectivity index (χ1v) is 10.7. The molecule has 34 heavy (non-hydrogen) atoms. The molecule has 0 unspecified atom stereocenters. The number of hydrogen-bond acceptors (Lipinski definition) is 4. The van der Waals surface area contributed by atoms with Gasteiger partial charge in [0, 0.05) is 49.9 Å². The number of aryl methyl sites for hydroxylation is 1. The Morgan fingerprint density at radius 1 is 1.00 bits per heavy atom. The number of carbonyl (C=O) groups is 1. The fourth-order valence-electron chi connectivity index (χ4n) is 3.80. The zero-order chi connectivity index (χ0) is 24.9. The Bertz CT molecular complexity index is 1120. The van der Waals surface area contributed by atoms with Crippen LogP contribution in [0.25, 0.3) is 5.70 Å². The summed E-state index contributed by atoms with van der Waals surface area (Å²) in [5.74, 6) is -0.709. The lowest BCUT2D eigenvalue weighted by molar-refractivity contribution is -0.0754. The number of methoxy groups -OCH3 is 1. The Labute approximate surface area is 197 Å². The van der Waals surface area contributed by atoms with Crippen LogP contribution in [0.4, 0.5) is 13.2 Å². The van der Waals surface area contributed by atoms with Crippen molar-refractivity contribution < 1.29 is 22.7 Å². The molecule has 9 heteroatoms. The van der Waals surface area contributed by atoms with Crippen LogP contribution in [-0.2, 0) is 4.74 Å². The van der Waals surface area contributed by atoms with E-state index in [-0.39, 0.29) is 11.6 Å². The summed E-state index contributed by atoms with van der Waals surface area (Å²) in [5, 5.41) is 0. The average Bonchev–Trinajstić information content (AvgIpc) is 2.83. The first kappa shape index (κ1) is 25.0. The molecule has 0 saturated carbocycles. The van der Waals surface area contributed by atoms with Crippen LogP contribution in [0.15, 0.2) is 65.1 Å². The molecule has 0 atom stereocenters. The Balaban J connectivity index is 1.71. The van der Waals surface area contributed by atoms with Crippen molar-refractivity contribution in [3.05, 3.63) is 77.4 Å². The summed E-state index contributed by atoms with van der Waals surface area (Å²) in [6, 6.07) is 14.3. The highest BCUT2D eigenvalue weighted by molar-refractivity contribution is 6.00. The fraction of sp³-hybridized carbons (Fsp3) is 0.320. The van der Waals surface area contributed by atoms with E-state index in [1.165, 1.54) is 6.07 Å². The number of alkyl halides is 3. The molecule has 0 spiro atoms. The second-order valence-electron chi connectivity index (χ2n) is 7.79. The smallest absolute Gasteiger partial charge is 0.468 e. The summed E-state index contributed by atoms with van der Waals surface area (Å²) in [4.78, 5) is 24.9. The van der Waals surface area contributed by atoms with E-state index in [1.807, 2.05) is 31.2 Å². The van der Waals surface area contributed by atoms with Crippen molar-refractivity contribution in [2.75, 3.05) is 40.3 Å². The Kier molecular flexibility index (Phi) is 7.75. The average molecular weight is 473 g/mol. The van der Waals surface area contributed by atoms with Gasteiger partial charge < -0.3 is 14.5 Å². The minimum absolute atomic E-state index is 0.143. The molecule has 0 bridgehead atoms. The van der Waals surface area contributed by atoms with Gasteiger partial charge in [0.15, 0.2) is 0 Å². The number of carbonyl (C=O) groups excluding carboxylic acids is 1. The van der Waals surface area contributed by atoms with Crippen LogP contribution in [0.3, 0.4) is 0 Å². The van der Waals surface area contributed by atoms with Crippen molar-refractivity contribution in [2.24, 2.45) is 9.98 Å². The van der Waals surface area contributed by atoms with E-state index >= 15 is 0 Å². The lowest BCUT2D eigenvalue weighted by Crippen LogP contribution is -2.51. The molecule has 2 aromatic carbocycles. The van der Waals surface area contributed by atoms with Crippen LogP contribution < -0.4 is 0 Å². The number of halogens is 3. The number of rotatable bonds is 4. The van der Waals surface area contributed by atoms with E-state index in [4.69, 9.17) is 0 Å². The summed E-state index contributed by atoms with van der Waals surface area (Å²) in [5.41, 5.74) is 2.71. The van der Waals surface area contributed by atoms with E-state index in [9.17, 15) is 18.0 Å². The summed E-state index contributed by atoms with van der Waals surface area (Å²) in [6.45, 7) is 7.86. The molecule has 3 rings (SSSR count). The molecular weight excluding hydrogens is 445 g/mol. The summed E-state index contributed by atoms with van der Waals surface area (Å²) < 4.78 is 43.1. The van der Waals surface area contributed by atoms with Gasteiger partial charge in [-0.15, -0.1) is 0 Å². The maximum atomic E-state index is 13.1. The molecule has 1 heterocycles. The van der Waals surface area contributed by atoms with Crippen LogP contribution in [-0.4, -0.2) is 74.0 Å². The molecule has 0 radical (unpaired) electrons. The van der Waals surface area contributed by atoms with Crippen LogP contribution >= 0.6 is 0 Å². The summed E-state index contributed by atoms with van der Waals surface area (Å²) >= 11 is 0. The van der Waals surface area contributed by atoms with Gasteiger partial charge in [-0.05, 0) is 24.6 Å². The van der Waals surface area contributed by atoms with Gasteiger partial charge in [-0.25, -0.2) is 4.99 Å². The van der Waals surface area contributed by atoms with Crippen molar-refractivity contribution in [3.8, 4) is 0 Å². The minimum atomic E-state index is -4.73. The molecule has 0 aliphatic carbocycles. The highest BCUT2D eigenvalue weighted by atomic mass is 19.4. The monoisotopic (exact) mass is 472 g/mol. The number of aliphatic imine (C=N–C) groups is 2. The van der Waals surface area contributed by atoms with E-state index in [0.717, 1.165) is 24.1 Å². The molecule has 2 aromatic rings. The SMILES string of the molecule is C=C(N=C(OC)C(F)(F)F)c1cccc(C(=O)N2CCN(C(=NC)c3ccccc3C)CC2)c1. The van der Waals surface area contributed by atoms with E-state index in [1.54, 1.807) is 30.1 Å². The molecular formula is C25H27F3N4O2. The van der Waals surface area contributed by atoms with Gasteiger partial charge in [0.2, 0.25) is 0 Å². The molecule has 1 saturated heterocycles. The summed E-state index contributed by atoms with van der Waals surface area (Å²) in [6.07, 6.45) is -4.73. The number of amides is 1. The fourth-order valence-corrected chi connectivity index (χ4v) is 3.80. The van der Waals surface area contributed by atoms with Crippen LogP contribution in [0.5, 0.6) is 0 Å². The van der Waals surface area contributed by atoms with Gasteiger partial charge in [0.25, 0.3) is 11.8 Å². The number of ether oxygens (including phenoxy) is 1. The van der Waals surface area contributed by atoms with E-state index in [2.05, 4.69) is 26.2 Å². The zero-order valence-electron chi connectivity index (χ0n) is 19.4. The van der Waals surface area contributed by atoms with E-state index in [0.29, 0.717) is 37.3 Å². The van der Waals surface area contributed by atoms with Gasteiger partial charge in [0.05, 0.1) is 12.8 Å². The second kappa shape index (κ2) is 10.5. The topological polar surface area (TPSA) is 57.5 Å². The third kappa shape index (κ3) is 5.65. The Morgan fingerprint density at radius 2 is 1.62 bits per heavy atom. The first-order chi connectivity index (χ1) is 16.2. The summed E-state index contributed by atoms with van der Waals surface area (Å²) in [7, 11) is 2.65. The molecule has 1 aliphatic rings. The maximum Gasteiger partial charge on any atom is 0.468 e. The van der Waals surface area contributed by atoms with Gasteiger partial charge >= 0.3 is 6.18 Å². The normalized spacial score (nSPS) is 15.4. The lowest BCUT2D eigenvalue weighted by atomic mass is 10.1. The van der Waals surface area contributed by atoms with Gasteiger partial charge in [-0.1, -0.05) is 43.0 Å². The van der Waals surface area contributed by atoms with Gasteiger partial charge in [-0.2, -0.15) is 13.2 Å². The van der Waals surface area contributed by atoms with Crippen molar-refractivity contribution in [2.45, 2.75) is 13.1 Å². The lowest BCUT2D eigenvalue weighted by Gasteiger charge is -2.37. The highest BCUT2D eigenvalue weighted by Gasteiger charge is 2.38. The third-order valence-corrected chi connectivity index (χ3v) is 5.58. The Hall–Kier alpha value is -3.62. The largest absolute Gasteiger partial charge is 0.478 e. The van der Waals surface area contributed by atoms with Crippen molar-refractivity contribution in [3.63, 3.8) is 0 Å². The molecule has 0 aromatic heterocycles.